The van der Waals surface area contributed by atoms with Crippen molar-refractivity contribution in [2.45, 2.75) is 32.1 Å². The number of methoxy groups -OCH3 is 2. The minimum atomic E-state index is -0.554. The van der Waals surface area contributed by atoms with Crippen LogP contribution in [-0.4, -0.2) is 56.4 Å². The van der Waals surface area contributed by atoms with E-state index in [9.17, 15) is 4.79 Å². The van der Waals surface area contributed by atoms with Gasteiger partial charge in [0.05, 0.1) is 25.3 Å². The summed E-state index contributed by atoms with van der Waals surface area (Å²) in [6.45, 7) is 7.70. The van der Waals surface area contributed by atoms with Gasteiger partial charge in [0.1, 0.15) is 0 Å². The molecule has 1 aliphatic carbocycles. The molecule has 152 valence electrons. The van der Waals surface area contributed by atoms with Gasteiger partial charge in [-0.25, -0.2) is 0 Å². The molecule has 0 saturated heterocycles. The maximum Gasteiger partial charge on any atom is 0.232 e. The van der Waals surface area contributed by atoms with Gasteiger partial charge in [-0.15, -0.1) is 0 Å². The van der Waals surface area contributed by atoms with E-state index < -0.39 is 5.41 Å². The van der Waals surface area contributed by atoms with Gasteiger partial charge in [0.25, 0.3) is 0 Å². The number of hydrogen-bond donors (Lipinski definition) is 1. The lowest BCUT2D eigenvalue weighted by atomic mass is 10.0. The van der Waals surface area contributed by atoms with Crippen LogP contribution in [0.3, 0.4) is 0 Å². The molecular weight excluding hydrogens is 358 g/mol. The highest BCUT2D eigenvalue weighted by Crippen LogP contribution is 2.48. The molecule has 1 heterocycles. The predicted octanol–water partition coefficient (Wildman–Crippen LogP) is 2.85. The second kappa shape index (κ2) is 8.65. The van der Waals surface area contributed by atoms with E-state index in [1.165, 1.54) is 0 Å². The number of carbonyl (C=O) groups excluding carboxylic acids is 1. The molecule has 28 heavy (non-hydrogen) atoms. The van der Waals surface area contributed by atoms with Crippen molar-refractivity contribution in [2.24, 2.45) is 0 Å². The van der Waals surface area contributed by atoms with Gasteiger partial charge in [-0.05, 0) is 44.1 Å². The Balaban J connectivity index is 1.70. The molecule has 0 atom stereocenters. The van der Waals surface area contributed by atoms with E-state index in [0.717, 1.165) is 38.0 Å². The van der Waals surface area contributed by atoms with Crippen molar-refractivity contribution in [3.63, 3.8) is 0 Å². The Kier molecular flexibility index (Phi) is 6.24. The largest absolute Gasteiger partial charge is 0.493 e. The normalized spacial score (nSPS) is 14.8. The van der Waals surface area contributed by atoms with E-state index in [1.54, 1.807) is 14.2 Å². The zero-order chi connectivity index (χ0) is 20.1. The molecule has 0 unspecified atom stereocenters. The summed E-state index contributed by atoms with van der Waals surface area (Å²) in [5.74, 6) is 1.91. The Bertz CT molecular complexity index is 810. The van der Waals surface area contributed by atoms with Crippen molar-refractivity contribution in [3.05, 3.63) is 30.0 Å². The maximum absolute atomic E-state index is 12.8. The molecule has 1 aliphatic rings. The summed E-state index contributed by atoms with van der Waals surface area (Å²) in [5.41, 5.74) is 0.966. The van der Waals surface area contributed by atoms with E-state index >= 15 is 0 Å². The van der Waals surface area contributed by atoms with Gasteiger partial charge < -0.3 is 24.2 Å². The number of rotatable bonds is 10. The van der Waals surface area contributed by atoms with Gasteiger partial charge in [-0.2, -0.15) is 0 Å². The number of likely N-dealkylation sites (N-methyl/N-ethyl adjacent to an activating group) is 1. The first-order chi connectivity index (χ1) is 13.6. The Labute approximate surface area is 166 Å². The first kappa shape index (κ1) is 20.2. The number of hydrogen-bond acceptors (Lipinski definition) is 6. The Morgan fingerprint density at radius 2 is 1.89 bits per heavy atom. The molecule has 1 aromatic heterocycles. The lowest BCUT2D eigenvalue weighted by Gasteiger charge is -2.19. The fraction of sp³-hybridized carbons (Fsp3) is 0.524. The first-order valence-corrected chi connectivity index (χ1v) is 9.78. The van der Waals surface area contributed by atoms with Gasteiger partial charge in [-0.1, -0.05) is 19.0 Å². The molecule has 3 rings (SSSR count). The topological polar surface area (TPSA) is 76.8 Å². The number of aromatic nitrogens is 1. The molecule has 2 aromatic rings. The zero-order valence-electron chi connectivity index (χ0n) is 17.1. The van der Waals surface area contributed by atoms with Gasteiger partial charge in [0.15, 0.2) is 17.3 Å². The third kappa shape index (κ3) is 3.99. The standard InChI is InChI=1S/C21H29N3O4/c1-5-24(6-2)12-11-22-20(25)21(9-10-21)19-14-17(28-23-19)15-7-8-16(26-3)18(13-15)27-4/h7-8,13-14H,5-6,9-12H2,1-4H3,(H,22,25). The molecule has 7 heteroatoms. The quantitative estimate of drug-likeness (QED) is 0.676. The lowest BCUT2D eigenvalue weighted by Crippen LogP contribution is -2.40. The Morgan fingerprint density at radius 1 is 1.18 bits per heavy atom. The van der Waals surface area contributed by atoms with Crippen molar-refractivity contribution >= 4 is 5.91 Å². The second-order valence-corrected chi connectivity index (χ2v) is 7.01. The number of ether oxygens (including phenoxy) is 2. The summed E-state index contributed by atoms with van der Waals surface area (Å²) in [4.78, 5) is 15.1. The van der Waals surface area contributed by atoms with Crippen LogP contribution in [0, 0.1) is 0 Å². The third-order valence-corrected chi connectivity index (χ3v) is 5.46. The average Bonchev–Trinajstić information content (AvgIpc) is 3.40. The van der Waals surface area contributed by atoms with Crippen LogP contribution < -0.4 is 14.8 Å². The van der Waals surface area contributed by atoms with Crippen molar-refractivity contribution in [1.82, 2.24) is 15.4 Å². The molecule has 0 spiro atoms. The van der Waals surface area contributed by atoms with Crippen LogP contribution in [0.25, 0.3) is 11.3 Å². The second-order valence-electron chi connectivity index (χ2n) is 7.01. The van der Waals surface area contributed by atoms with Gasteiger partial charge in [-0.3, -0.25) is 4.79 Å². The number of nitrogens with zero attached hydrogens (tertiary/aromatic N) is 2. The number of benzene rings is 1. The third-order valence-electron chi connectivity index (χ3n) is 5.46. The van der Waals surface area contributed by atoms with E-state index in [1.807, 2.05) is 24.3 Å². The minimum Gasteiger partial charge on any atom is -0.493 e. The van der Waals surface area contributed by atoms with Crippen LogP contribution in [0.4, 0.5) is 0 Å². The number of amides is 1. The molecule has 1 saturated carbocycles. The lowest BCUT2D eigenvalue weighted by molar-refractivity contribution is -0.123. The smallest absolute Gasteiger partial charge is 0.232 e. The van der Waals surface area contributed by atoms with Crippen LogP contribution in [-0.2, 0) is 10.2 Å². The van der Waals surface area contributed by atoms with Crippen LogP contribution in [0.2, 0.25) is 0 Å². The van der Waals surface area contributed by atoms with E-state index in [4.69, 9.17) is 14.0 Å². The highest BCUT2D eigenvalue weighted by molar-refractivity contribution is 5.91. The summed E-state index contributed by atoms with van der Waals surface area (Å²) in [7, 11) is 3.19. The molecular formula is C21H29N3O4. The van der Waals surface area contributed by atoms with Crippen molar-refractivity contribution in [1.29, 1.82) is 0 Å². The molecule has 0 bridgehead atoms. The van der Waals surface area contributed by atoms with E-state index in [0.29, 0.717) is 29.5 Å². The van der Waals surface area contributed by atoms with Gasteiger partial charge in [0.2, 0.25) is 5.91 Å². The molecule has 1 aromatic carbocycles. The summed E-state index contributed by atoms with van der Waals surface area (Å²) >= 11 is 0. The van der Waals surface area contributed by atoms with Crippen LogP contribution in [0.15, 0.2) is 28.8 Å². The molecule has 0 aliphatic heterocycles. The SMILES string of the molecule is CCN(CC)CCNC(=O)C1(c2cc(-c3ccc(OC)c(OC)c3)on2)CC1. The number of nitrogens with one attached hydrogen (secondary N) is 1. The molecule has 7 nitrogen and oxygen atoms in total. The maximum atomic E-state index is 12.8. The van der Waals surface area contributed by atoms with Crippen LogP contribution in [0.1, 0.15) is 32.4 Å². The molecule has 1 N–H and O–H groups in total. The molecule has 1 fully saturated rings. The monoisotopic (exact) mass is 387 g/mol. The summed E-state index contributed by atoms with van der Waals surface area (Å²) in [5, 5.41) is 7.27. The molecule has 1 amide bonds. The summed E-state index contributed by atoms with van der Waals surface area (Å²) < 4.78 is 16.2. The van der Waals surface area contributed by atoms with Crippen molar-refractivity contribution in [3.8, 4) is 22.8 Å². The first-order valence-electron chi connectivity index (χ1n) is 9.78. The van der Waals surface area contributed by atoms with Crippen LogP contribution in [0.5, 0.6) is 11.5 Å². The molecule has 0 radical (unpaired) electrons. The van der Waals surface area contributed by atoms with Crippen molar-refractivity contribution in [2.75, 3.05) is 40.4 Å². The van der Waals surface area contributed by atoms with E-state index in [-0.39, 0.29) is 5.91 Å². The summed E-state index contributed by atoms with van der Waals surface area (Å²) in [6, 6.07) is 7.41. The summed E-state index contributed by atoms with van der Waals surface area (Å²) in [6.07, 6.45) is 1.59. The fourth-order valence-corrected chi connectivity index (χ4v) is 3.39. The van der Waals surface area contributed by atoms with E-state index in [2.05, 4.69) is 29.2 Å². The fourth-order valence-electron chi connectivity index (χ4n) is 3.39. The Morgan fingerprint density at radius 3 is 2.50 bits per heavy atom. The van der Waals surface area contributed by atoms with Gasteiger partial charge >= 0.3 is 0 Å². The minimum absolute atomic E-state index is 0.0341. The van der Waals surface area contributed by atoms with Gasteiger partial charge in [0, 0.05) is 24.7 Å². The van der Waals surface area contributed by atoms with Crippen molar-refractivity contribution < 1.29 is 18.8 Å². The Hall–Kier alpha value is -2.54. The average molecular weight is 387 g/mol. The highest BCUT2D eigenvalue weighted by Gasteiger charge is 2.53. The van der Waals surface area contributed by atoms with Crippen LogP contribution >= 0.6 is 0 Å². The number of carbonyl (C=O) groups is 1. The highest BCUT2D eigenvalue weighted by atomic mass is 16.5. The predicted molar refractivity (Wildman–Crippen MR) is 107 cm³/mol. The zero-order valence-corrected chi connectivity index (χ0v) is 17.1.